The molecular formula is C53H36N2. The van der Waals surface area contributed by atoms with E-state index >= 15 is 0 Å². The van der Waals surface area contributed by atoms with Crippen molar-refractivity contribution in [3.8, 4) is 56.2 Å². The van der Waals surface area contributed by atoms with Crippen molar-refractivity contribution < 1.29 is 0 Å². The highest BCUT2D eigenvalue weighted by molar-refractivity contribution is 6.20. The average Bonchev–Trinajstić information content (AvgIpc) is 3.47. The number of benzene rings is 9. The van der Waals surface area contributed by atoms with E-state index in [1.165, 1.54) is 70.9 Å². The molecule has 2 heteroatoms. The molecule has 1 heterocycles. The molecule has 0 saturated carbocycles. The van der Waals surface area contributed by atoms with Gasteiger partial charge in [-0.1, -0.05) is 172 Å². The normalized spacial score (nSPS) is 13.1. The van der Waals surface area contributed by atoms with Crippen molar-refractivity contribution >= 4 is 43.1 Å². The third kappa shape index (κ3) is 4.88. The lowest BCUT2D eigenvalue weighted by Crippen LogP contribution is -2.14. The number of aromatic nitrogens is 2. The second kappa shape index (κ2) is 12.1. The first-order valence-electron chi connectivity index (χ1n) is 19.1. The number of rotatable bonds is 4. The zero-order valence-corrected chi connectivity index (χ0v) is 30.7. The van der Waals surface area contributed by atoms with E-state index in [2.05, 4.69) is 190 Å². The molecule has 0 aliphatic heterocycles. The molecule has 0 spiro atoms. The topological polar surface area (TPSA) is 25.8 Å². The Morgan fingerprint density at radius 1 is 0.345 bits per heavy atom. The Bertz CT molecular complexity index is 3170. The lowest BCUT2D eigenvalue weighted by molar-refractivity contribution is 0.661. The molecule has 11 rings (SSSR count). The summed E-state index contributed by atoms with van der Waals surface area (Å²) in [6.45, 7) is 4.73. The van der Waals surface area contributed by atoms with Gasteiger partial charge in [0, 0.05) is 22.1 Å². The van der Waals surface area contributed by atoms with Gasteiger partial charge >= 0.3 is 0 Å². The molecule has 2 nitrogen and oxygen atoms in total. The minimum atomic E-state index is -0.137. The Morgan fingerprint density at radius 3 is 1.80 bits per heavy atom. The zero-order valence-electron chi connectivity index (χ0n) is 30.7. The predicted octanol–water partition coefficient (Wildman–Crippen LogP) is 14.1. The van der Waals surface area contributed by atoms with Gasteiger partial charge in [-0.3, -0.25) is 0 Å². The summed E-state index contributed by atoms with van der Waals surface area (Å²) in [7, 11) is 0. The third-order valence-corrected chi connectivity index (χ3v) is 11.8. The predicted molar refractivity (Wildman–Crippen MR) is 231 cm³/mol. The van der Waals surface area contributed by atoms with Gasteiger partial charge < -0.3 is 0 Å². The summed E-state index contributed by atoms with van der Waals surface area (Å²) in [5.74, 6) is 0.709. The summed E-state index contributed by atoms with van der Waals surface area (Å²) in [6, 6.07) is 66.0. The molecule has 0 N–H and O–H groups in total. The Balaban J connectivity index is 1.19. The SMILES string of the molecule is CC1(C)c2cc3ccccc3cc2-c2c(-c3ccccc3-c3cc(-c4c5ccccc5cc5c4ccc4ccccc45)nc(-c4ccccc4)n3)cccc21. The van der Waals surface area contributed by atoms with Gasteiger partial charge in [-0.25, -0.2) is 9.97 Å². The maximum absolute atomic E-state index is 5.41. The summed E-state index contributed by atoms with van der Waals surface area (Å²) in [4.78, 5) is 10.8. The summed E-state index contributed by atoms with van der Waals surface area (Å²) in [6.07, 6.45) is 0. The van der Waals surface area contributed by atoms with E-state index in [0.717, 1.165) is 33.6 Å². The fraction of sp³-hybridized carbons (Fsp3) is 0.0566. The maximum Gasteiger partial charge on any atom is 0.160 e. The molecule has 0 radical (unpaired) electrons. The number of fused-ring (bicyclic) bond motifs is 8. The molecule has 0 bridgehead atoms. The largest absolute Gasteiger partial charge is 0.228 e. The van der Waals surface area contributed by atoms with Crippen molar-refractivity contribution in [3.63, 3.8) is 0 Å². The highest BCUT2D eigenvalue weighted by Gasteiger charge is 2.37. The number of hydrogen-bond donors (Lipinski definition) is 0. The molecule has 1 aliphatic rings. The summed E-state index contributed by atoms with van der Waals surface area (Å²) >= 11 is 0. The fourth-order valence-electron chi connectivity index (χ4n) is 9.16. The van der Waals surface area contributed by atoms with Gasteiger partial charge in [-0.15, -0.1) is 0 Å². The molecule has 0 saturated heterocycles. The summed E-state index contributed by atoms with van der Waals surface area (Å²) in [5.41, 5.74) is 12.6. The van der Waals surface area contributed by atoms with Crippen molar-refractivity contribution in [3.05, 3.63) is 193 Å². The van der Waals surface area contributed by atoms with Gasteiger partial charge in [-0.05, 0) is 101 Å². The van der Waals surface area contributed by atoms with Crippen LogP contribution in [0.25, 0.3) is 99.2 Å². The first-order valence-corrected chi connectivity index (χ1v) is 19.1. The highest BCUT2D eigenvalue weighted by Crippen LogP contribution is 2.54. The van der Waals surface area contributed by atoms with Gasteiger partial charge in [0.1, 0.15) is 0 Å². The molecule has 258 valence electrons. The summed E-state index contributed by atoms with van der Waals surface area (Å²) < 4.78 is 0. The number of hydrogen-bond acceptors (Lipinski definition) is 2. The van der Waals surface area contributed by atoms with Crippen LogP contribution in [0.5, 0.6) is 0 Å². The Kier molecular flexibility index (Phi) is 6.93. The molecule has 0 fully saturated rings. The maximum atomic E-state index is 5.41. The van der Waals surface area contributed by atoms with Crippen LogP contribution in [0.15, 0.2) is 182 Å². The molecule has 1 aliphatic carbocycles. The molecule has 55 heavy (non-hydrogen) atoms. The van der Waals surface area contributed by atoms with E-state index in [1.54, 1.807) is 0 Å². The van der Waals surface area contributed by atoms with Gasteiger partial charge in [0.25, 0.3) is 0 Å². The van der Waals surface area contributed by atoms with Gasteiger partial charge in [0.15, 0.2) is 5.82 Å². The van der Waals surface area contributed by atoms with Crippen molar-refractivity contribution in [1.29, 1.82) is 0 Å². The molecular weight excluding hydrogens is 665 g/mol. The molecule has 1 aromatic heterocycles. The number of nitrogens with zero attached hydrogens (tertiary/aromatic N) is 2. The van der Waals surface area contributed by atoms with Gasteiger partial charge in [-0.2, -0.15) is 0 Å². The van der Waals surface area contributed by atoms with Crippen LogP contribution in [0.4, 0.5) is 0 Å². The van der Waals surface area contributed by atoms with Crippen LogP contribution in [-0.2, 0) is 5.41 Å². The third-order valence-electron chi connectivity index (χ3n) is 11.8. The minimum Gasteiger partial charge on any atom is -0.228 e. The Morgan fingerprint density at radius 2 is 0.982 bits per heavy atom. The van der Waals surface area contributed by atoms with Gasteiger partial charge in [0.05, 0.1) is 11.4 Å². The molecule has 0 unspecified atom stereocenters. The van der Waals surface area contributed by atoms with Crippen molar-refractivity contribution in [1.82, 2.24) is 9.97 Å². The van der Waals surface area contributed by atoms with Crippen LogP contribution in [0.3, 0.4) is 0 Å². The van der Waals surface area contributed by atoms with Crippen LogP contribution >= 0.6 is 0 Å². The lowest BCUT2D eigenvalue weighted by atomic mass is 9.81. The van der Waals surface area contributed by atoms with E-state index in [9.17, 15) is 0 Å². The van der Waals surface area contributed by atoms with Crippen LogP contribution in [-0.4, -0.2) is 9.97 Å². The van der Waals surface area contributed by atoms with E-state index in [1.807, 2.05) is 6.07 Å². The molecule has 0 atom stereocenters. The molecule has 10 aromatic rings. The first-order chi connectivity index (χ1) is 27.0. The quantitative estimate of drug-likeness (QED) is 0.135. The van der Waals surface area contributed by atoms with Crippen LogP contribution < -0.4 is 0 Å². The van der Waals surface area contributed by atoms with Crippen LogP contribution in [0, 0.1) is 0 Å². The standard InChI is InChI=1S/C53H36N2/c1-53(2)46-26-14-25-42(50(46)45-29-35-18-6-7-19-36(35)31-47(45)53)40-23-12-13-24-41(40)48-32-49(55-52(54-48)34-16-4-3-5-17-34)51-39-22-11-9-20-37(39)30-44-38-21-10-8-15-33(38)27-28-43(44)51/h3-32H,1-2H3. The van der Waals surface area contributed by atoms with E-state index < -0.39 is 0 Å². The van der Waals surface area contributed by atoms with Crippen molar-refractivity contribution in [2.75, 3.05) is 0 Å². The van der Waals surface area contributed by atoms with E-state index in [4.69, 9.17) is 9.97 Å². The summed E-state index contributed by atoms with van der Waals surface area (Å²) in [5, 5.41) is 9.78. The average molecular weight is 701 g/mol. The highest BCUT2D eigenvalue weighted by atomic mass is 14.9. The van der Waals surface area contributed by atoms with E-state index in [-0.39, 0.29) is 5.41 Å². The minimum absolute atomic E-state index is 0.137. The van der Waals surface area contributed by atoms with E-state index in [0.29, 0.717) is 5.82 Å². The molecule has 0 amide bonds. The second-order valence-corrected chi connectivity index (χ2v) is 15.3. The second-order valence-electron chi connectivity index (χ2n) is 15.3. The fourth-order valence-corrected chi connectivity index (χ4v) is 9.16. The van der Waals surface area contributed by atoms with Crippen LogP contribution in [0.1, 0.15) is 25.0 Å². The first kappa shape index (κ1) is 31.6. The smallest absolute Gasteiger partial charge is 0.160 e. The monoisotopic (exact) mass is 700 g/mol. The Labute approximate surface area is 320 Å². The Hall–Kier alpha value is -6.90. The van der Waals surface area contributed by atoms with Crippen LogP contribution in [0.2, 0.25) is 0 Å². The van der Waals surface area contributed by atoms with Crippen molar-refractivity contribution in [2.24, 2.45) is 0 Å². The lowest BCUT2D eigenvalue weighted by Gasteiger charge is -2.22. The zero-order chi connectivity index (χ0) is 36.7. The molecule has 9 aromatic carbocycles. The van der Waals surface area contributed by atoms with Gasteiger partial charge in [0.2, 0.25) is 0 Å². The van der Waals surface area contributed by atoms with Crippen molar-refractivity contribution in [2.45, 2.75) is 19.3 Å².